The largest absolute Gasteiger partial charge is 0.490 e. The molecular weight excluding hydrogens is 330 g/mol. The number of rotatable bonds is 8. The fourth-order valence-electron chi connectivity index (χ4n) is 2.31. The molecule has 134 valence electrons. The monoisotopic (exact) mass is 351 g/mol. The molecule has 0 unspecified atom stereocenters. The van der Waals surface area contributed by atoms with Crippen LogP contribution in [0.5, 0.6) is 11.5 Å². The van der Waals surface area contributed by atoms with E-state index in [1.165, 1.54) is 6.21 Å². The van der Waals surface area contributed by atoms with Gasteiger partial charge in [0, 0.05) is 0 Å². The Labute approximate surface area is 153 Å². The first kappa shape index (κ1) is 19.0. The van der Waals surface area contributed by atoms with E-state index in [9.17, 15) is 10.1 Å². The van der Waals surface area contributed by atoms with Crippen molar-refractivity contribution in [1.82, 2.24) is 5.43 Å². The van der Waals surface area contributed by atoms with E-state index in [1.807, 2.05) is 32.0 Å². The first-order valence-electron chi connectivity index (χ1n) is 8.36. The van der Waals surface area contributed by atoms with Crippen LogP contribution >= 0.6 is 0 Å². The molecule has 1 amide bonds. The minimum absolute atomic E-state index is 0.481. The number of amides is 1. The van der Waals surface area contributed by atoms with Crippen molar-refractivity contribution in [3.63, 3.8) is 0 Å². The number of ether oxygens (including phenoxy) is 2. The molecule has 6 nitrogen and oxygen atoms in total. The Hall–Kier alpha value is -3.33. The van der Waals surface area contributed by atoms with Crippen LogP contribution in [-0.2, 0) is 4.79 Å². The van der Waals surface area contributed by atoms with Crippen LogP contribution in [0, 0.1) is 11.3 Å². The molecule has 0 aliphatic heterocycles. The molecule has 2 aromatic rings. The maximum absolute atomic E-state index is 12.2. The fourth-order valence-corrected chi connectivity index (χ4v) is 2.31. The summed E-state index contributed by atoms with van der Waals surface area (Å²) >= 11 is 0. The Morgan fingerprint density at radius 3 is 2.50 bits per heavy atom. The molecule has 2 rings (SSSR count). The zero-order chi connectivity index (χ0) is 18.8. The van der Waals surface area contributed by atoms with Gasteiger partial charge in [-0.1, -0.05) is 30.3 Å². The van der Waals surface area contributed by atoms with Gasteiger partial charge in [-0.2, -0.15) is 10.4 Å². The third-order valence-corrected chi connectivity index (χ3v) is 3.48. The average molecular weight is 351 g/mol. The van der Waals surface area contributed by atoms with Crippen molar-refractivity contribution >= 4 is 12.1 Å². The van der Waals surface area contributed by atoms with Gasteiger partial charge in [0.25, 0.3) is 5.91 Å². The molecule has 6 heteroatoms. The van der Waals surface area contributed by atoms with Crippen LogP contribution in [0.3, 0.4) is 0 Å². The van der Waals surface area contributed by atoms with Crippen molar-refractivity contribution in [3.8, 4) is 17.6 Å². The molecule has 0 heterocycles. The SMILES string of the molecule is CCOc1ccc(/C=N\NC(=O)[C@H](C#N)c2ccccc2)cc1OCC. The normalized spacial score (nSPS) is 11.6. The van der Waals surface area contributed by atoms with Crippen LogP contribution in [0.2, 0.25) is 0 Å². The lowest BCUT2D eigenvalue weighted by atomic mass is 10.0. The fraction of sp³-hybridized carbons (Fsp3) is 0.250. The van der Waals surface area contributed by atoms with Gasteiger partial charge in [-0.05, 0) is 43.2 Å². The molecule has 0 radical (unpaired) electrons. The predicted octanol–water partition coefficient (Wildman–Crippen LogP) is 3.24. The highest BCUT2D eigenvalue weighted by Crippen LogP contribution is 2.28. The summed E-state index contributed by atoms with van der Waals surface area (Å²) in [7, 11) is 0. The molecule has 0 fully saturated rings. The summed E-state index contributed by atoms with van der Waals surface area (Å²) in [6.45, 7) is 4.85. The van der Waals surface area contributed by atoms with E-state index in [-0.39, 0.29) is 0 Å². The first-order chi connectivity index (χ1) is 12.7. The van der Waals surface area contributed by atoms with Gasteiger partial charge in [0.15, 0.2) is 17.4 Å². The number of nitriles is 1. The summed E-state index contributed by atoms with van der Waals surface area (Å²) in [4.78, 5) is 12.2. The molecule has 1 atom stereocenters. The van der Waals surface area contributed by atoms with E-state index in [2.05, 4.69) is 10.5 Å². The van der Waals surface area contributed by atoms with E-state index < -0.39 is 11.8 Å². The minimum Gasteiger partial charge on any atom is -0.490 e. The van der Waals surface area contributed by atoms with Crippen molar-refractivity contribution in [1.29, 1.82) is 5.26 Å². The molecular formula is C20H21N3O3. The summed E-state index contributed by atoms with van der Waals surface area (Å²) < 4.78 is 11.1. The van der Waals surface area contributed by atoms with Gasteiger partial charge in [-0.3, -0.25) is 4.79 Å². The number of benzene rings is 2. The third-order valence-electron chi connectivity index (χ3n) is 3.48. The van der Waals surface area contributed by atoms with Gasteiger partial charge in [-0.15, -0.1) is 0 Å². The standard InChI is InChI=1S/C20H21N3O3/c1-3-25-18-11-10-15(12-19(18)26-4-2)14-22-23-20(24)17(13-21)16-8-6-5-7-9-16/h5-12,14,17H,3-4H2,1-2H3,(H,23,24)/b22-14-/t17-/m1/s1. The quantitative estimate of drug-likeness (QED) is 0.584. The van der Waals surface area contributed by atoms with E-state index in [0.29, 0.717) is 30.3 Å². The highest BCUT2D eigenvalue weighted by atomic mass is 16.5. The number of carbonyl (C=O) groups excluding carboxylic acids is 1. The Balaban J connectivity index is 2.06. The molecule has 0 aliphatic rings. The van der Waals surface area contributed by atoms with Gasteiger partial charge < -0.3 is 9.47 Å². The molecule has 0 aromatic heterocycles. The molecule has 26 heavy (non-hydrogen) atoms. The molecule has 0 saturated heterocycles. The van der Waals surface area contributed by atoms with Crippen LogP contribution in [0.1, 0.15) is 30.9 Å². The lowest BCUT2D eigenvalue weighted by Gasteiger charge is -2.11. The first-order valence-corrected chi connectivity index (χ1v) is 8.36. The number of nitrogens with one attached hydrogen (secondary N) is 1. The lowest BCUT2D eigenvalue weighted by molar-refractivity contribution is -0.121. The Bertz CT molecular complexity index is 798. The number of nitrogens with zero attached hydrogens (tertiary/aromatic N) is 2. The summed E-state index contributed by atoms with van der Waals surface area (Å²) in [5.74, 6) is -0.119. The van der Waals surface area contributed by atoms with Gasteiger partial charge in [0.05, 0.1) is 25.5 Å². The van der Waals surface area contributed by atoms with Crippen LogP contribution in [0.25, 0.3) is 0 Å². The summed E-state index contributed by atoms with van der Waals surface area (Å²) in [6.07, 6.45) is 1.50. The second kappa shape index (κ2) is 9.84. The second-order valence-corrected chi connectivity index (χ2v) is 5.28. The molecule has 0 spiro atoms. The molecule has 0 aliphatic carbocycles. The zero-order valence-electron chi connectivity index (χ0n) is 14.8. The topological polar surface area (TPSA) is 83.7 Å². The van der Waals surface area contributed by atoms with E-state index in [4.69, 9.17) is 9.47 Å². The Morgan fingerprint density at radius 2 is 1.85 bits per heavy atom. The number of hydrazone groups is 1. The van der Waals surface area contributed by atoms with Crippen molar-refractivity contribution < 1.29 is 14.3 Å². The summed E-state index contributed by atoms with van der Waals surface area (Å²) in [5.41, 5.74) is 3.78. The van der Waals surface area contributed by atoms with Crippen molar-refractivity contribution in [2.75, 3.05) is 13.2 Å². The molecule has 1 N–H and O–H groups in total. The molecule has 0 saturated carbocycles. The van der Waals surface area contributed by atoms with Crippen LogP contribution in [0.15, 0.2) is 53.6 Å². The smallest absolute Gasteiger partial charge is 0.261 e. The Morgan fingerprint density at radius 1 is 1.15 bits per heavy atom. The number of carbonyl (C=O) groups is 1. The van der Waals surface area contributed by atoms with Crippen molar-refractivity contribution in [2.45, 2.75) is 19.8 Å². The minimum atomic E-state index is -0.910. The van der Waals surface area contributed by atoms with Gasteiger partial charge >= 0.3 is 0 Å². The Kier molecular flexibility index (Phi) is 7.19. The van der Waals surface area contributed by atoms with Crippen LogP contribution in [0.4, 0.5) is 0 Å². The predicted molar refractivity (Wildman–Crippen MR) is 99.3 cm³/mol. The number of hydrogen-bond donors (Lipinski definition) is 1. The van der Waals surface area contributed by atoms with Gasteiger partial charge in [0.2, 0.25) is 0 Å². The van der Waals surface area contributed by atoms with Crippen LogP contribution < -0.4 is 14.9 Å². The van der Waals surface area contributed by atoms with E-state index in [0.717, 1.165) is 5.56 Å². The maximum Gasteiger partial charge on any atom is 0.261 e. The molecule has 2 aromatic carbocycles. The summed E-state index contributed by atoms with van der Waals surface area (Å²) in [6, 6.07) is 16.2. The zero-order valence-corrected chi connectivity index (χ0v) is 14.8. The van der Waals surface area contributed by atoms with Crippen molar-refractivity contribution in [2.24, 2.45) is 5.10 Å². The van der Waals surface area contributed by atoms with Crippen LogP contribution in [-0.4, -0.2) is 25.3 Å². The lowest BCUT2D eigenvalue weighted by Crippen LogP contribution is -2.24. The van der Waals surface area contributed by atoms with Crippen molar-refractivity contribution in [3.05, 3.63) is 59.7 Å². The summed E-state index contributed by atoms with van der Waals surface area (Å²) in [5, 5.41) is 13.2. The maximum atomic E-state index is 12.2. The van der Waals surface area contributed by atoms with E-state index >= 15 is 0 Å². The second-order valence-electron chi connectivity index (χ2n) is 5.28. The van der Waals surface area contributed by atoms with E-state index in [1.54, 1.807) is 36.4 Å². The highest BCUT2D eigenvalue weighted by Gasteiger charge is 2.19. The third kappa shape index (κ3) is 5.08. The average Bonchev–Trinajstić information content (AvgIpc) is 2.65. The van der Waals surface area contributed by atoms with Gasteiger partial charge in [-0.25, -0.2) is 5.43 Å². The number of hydrogen-bond acceptors (Lipinski definition) is 5. The highest BCUT2D eigenvalue weighted by molar-refractivity contribution is 5.88. The van der Waals surface area contributed by atoms with Gasteiger partial charge in [0.1, 0.15) is 0 Å². The molecule has 0 bridgehead atoms.